The summed E-state index contributed by atoms with van der Waals surface area (Å²) in [6.45, 7) is 11.1. The number of pyridine rings is 1. The number of hydrogen-bond donors (Lipinski definition) is 1. The summed E-state index contributed by atoms with van der Waals surface area (Å²) in [5, 5.41) is 9.79. The van der Waals surface area contributed by atoms with E-state index in [0.717, 1.165) is 51.5 Å². The highest BCUT2D eigenvalue weighted by molar-refractivity contribution is 5.20. The molecule has 0 aliphatic carbocycles. The van der Waals surface area contributed by atoms with Gasteiger partial charge in [0.25, 0.3) is 0 Å². The lowest BCUT2D eigenvalue weighted by Gasteiger charge is -2.24. The van der Waals surface area contributed by atoms with Gasteiger partial charge in [0.05, 0.1) is 6.20 Å². The van der Waals surface area contributed by atoms with Crippen molar-refractivity contribution in [2.75, 3.05) is 32.7 Å². The minimum absolute atomic E-state index is 0.149. The van der Waals surface area contributed by atoms with E-state index in [9.17, 15) is 9.90 Å². The molecule has 0 radical (unpaired) electrons. The summed E-state index contributed by atoms with van der Waals surface area (Å²) in [5.74, 6) is -0.149. The van der Waals surface area contributed by atoms with Crippen LogP contribution in [0.15, 0.2) is 17.1 Å². The molecule has 0 amide bonds. The molecule has 1 aromatic heterocycles. The maximum Gasteiger partial charge on any atom is 0.223 e. The second kappa shape index (κ2) is 9.08. The van der Waals surface area contributed by atoms with Crippen molar-refractivity contribution >= 4 is 0 Å². The van der Waals surface area contributed by atoms with Crippen LogP contribution in [0.5, 0.6) is 5.75 Å². The maximum absolute atomic E-state index is 11.9. The molecule has 1 fully saturated rings. The first kappa shape index (κ1) is 18.0. The van der Waals surface area contributed by atoms with Crippen molar-refractivity contribution in [3.63, 3.8) is 0 Å². The third kappa shape index (κ3) is 5.36. The normalized spacial score (nSPS) is 16.7. The summed E-state index contributed by atoms with van der Waals surface area (Å²) in [4.78, 5) is 16.6. The van der Waals surface area contributed by atoms with Gasteiger partial charge in [0.1, 0.15) is 0 Å². The molecule has 0 bridgehead atoms. The molecular formula is C18H31N3O2. The fourth-order valence-electron chi connectivity index (χ4n) is 3.26. The van der Waals surface area contributed by atoms with Gasteiger partial charge in [-0.15, -0.1) is 0 Å². The molecule has 130 valence electrons. The van der Waals surface area contributed by atoms with Gasteiger partial charge in [0, 0.05) is 31.4 Å². The summed E-state index contributed by atoms with van der Waals surface area (Å²) in [6.07, 6.45) is 6.70. The standard InChI is InChI=1S/C18H31N3O2/c1-3-19(4-2)11-12-21-15-18(23)17(22)13-16(21)14-20-9-7-5-6-8-10-20/h13,15,23H,3-12,14H2,1-2H3. The number of aromatic hydroxyl groups is 1. The van der Waals surface area contributed by atoms with Crippen molar-refractivity contribution in [3.8, 4) is 5.75 Å². The third-order valence-electron chi connectivity index (χ3n) is 4.83. The highest BCUT2D eigenvalue weighted by Gasteiger charge is 2.13. The molecule has 5 nitrogen and oxygen atoms in total. The van der Waals surface area contributed by atoms with Crippen LogP contribution in [0.4, 0.5) is 0 Å². The number of nitrogens with zero attached hydrogens (tertiary/aromatic N) is 3. The predicted molar refractivity (Wildman–Crippen MR) is 93.9 cm³/mol. The molecule has 1 aliphatic heterocycles. The number of rotatable bonds is 7. The highest BCUT2D eigenvalue weighted by atomic mass is 16.3. The van der Waals surface area contributed by atoms with Crippen LogP contribution in [0.2, 0.25) is 0 Å². The van der Waals surface area contributed by atoms with E-state index < -0.39 is 0 Å². The largest absolute Gasteiger partial charge is 0.503 e. The quantitative estimate of drug-likeness (QED) is 0.837. The van der Waals surface area contributed by atoms with Gasteiger partial charge in [-0.2, -0.15) is 0 Å². The number of aromatic nitrogens is 1. The highest BCUT2D eigenvalue weighted by Crippen LogP contribution is 2.14. The monoisotopic (exact) mass is 321 g/mol. The molecule has 2 heterocycles. The molecular weight excluding hydrogens is 290 g/mol. The SMILES string of the molecule is CCN(CC)CCn1cc(O)c(=O)cc1CN1CCCCCC1. The van der Waals surface area contributed by atoms with E-state index in [1.807, 2.05) is 0 Å². The zero-order chi connectivity index (χ0) is 16.7. The lowest BCUT2D eigenvalue weighted by molar-refractivity contribution is 0.259. The van der Waals surface area contributed by atoms with E-state index >= 15 is 0 Å². The minimum Gasteiger partial charge on any atom is -0.503 e. The van der Waals surface area contributed by atoms with Crippen LogP contribution >= 0.6 is 0 Å². The Morgan fingerprint density at radius 1 is 1.13 bits per heavy atom. The second-order valence-electron chi connectivity index (χ2n) is 6.42. The summed E-state index contributed by atoms with van der Waals surface area (Å²) in [7, 11) is 0. The second-order valence-corrected chi connectivity index (χ2v) is 6.42. The van der Waals surface area contributed by atoms with Crippen LogP contribution in [-0.2, 0) is 13.1 Å². The van der Waals surface area contributed by atoms with E-state index in [-0.39, 0.29) is 11.2 Å². The van der Waals surface area contributed by atoms with Gasteiger partial charge in [0.15, 0.2) is 5.75 Å². The Morgan fingerprint density at radius 3 is 2.39 bits per heavy atom. The molecule has 2 rings (SSSR count). The van der Waals surface area contributed by atoms with Gasteiger partial charge in [-0.05, 0) is 39.0 Å². The number of likely N-dealkylation sites (tertiary alicyclic amines) is 1. The fourth-order valence-corrected chi connectivity index (χ4v) is 3.26. The first-order valence-electron chi connectivity index (χ1n) is 9.01. The van der Waals surface area contributed by atoms with Crippen LogP contribution in [0, 0.1) is 0 Å². The molecule has 23 heavy (non-hydrogen) atoms. The van der Waals surface area contributed by atoms with E-state index in [2.05, 4.69) is 28.2 Å². The molecule has 0 atom stereocenters. The fraction of sp³-hybridized carbons (Fsp3) is 0.722. The summed E-state index contributed by atoms with van der Waals surface area (Å²) >= 11 is 0. The third-order valence-corrected chi connectivity index (χ3v) is 4.83. The van der Waals surface area contributed by atoms with Gasteiger partial charge in [-0.3, -0.25) is 9.69 Å². The van der Waals surface area contributed by atoms with Crippen molar-refractivity contribution in [3.05, 3.63) is 28.2 Å². The van der Waals surface area contributed by atoms with E-state index in [1.165, 1.54) is 25.7 Å². The Morgan fingerprint density at radius 2 is 1.78 bits per heavy atom. The van der Waals surface area contributed by atoms with Gasteiger partial charge in [0.2, 0.25) is 5.43 Å². The van der Waals surface area contributed by atoms with E-state index in [1.54, 1.807) is 12.3 Å². The number of hydrogen-bond acceptors (Lipinski definition) is 4. The Bertz CT molecular complexity index is 530. The first-order valence-corrected chi connectivity index (χ1v) is 9.01. The Hall–Kier alpha value is -1.33. The van der Waals surface area contributed by atoms with Crippen LogP contribution in [0.3, 0.4) is 0 Å². The molecule has 1 saturated heterocycles. The van der Waals surface area contributed by atoms with Gasteiger partial charge in [-0.25, -0.2) is 0 Å². The Balaban J connectivity index is 2.12. The van der Waals surface area contributed by atoms with Crippen LogP contribution in [0.1, 0.15) is 45.2 Å². The average Bonchev–Trinajstić information content (AvgIpc) is 2.81. The molecule has 1 N–H and O–H groups in total. The van der Waals surface area contributed by atoms with Crippen LogP contribution in [-0.4, -0.2) is 52.2 Å². The topological polar surface area (TPSA) is 48.7 Å². The smallest absolute Gasteiger partial charge is 0.223 e. The predicted octanol–water partition coefficient (Wildman–Crippen LogP) is 2.27. The molecule has 0 spiro atoms. The van der Waals surface area contributed by atoms with Crippen molar-refractivity contribution in [1.29, 1.82) is 0 Å². The van der Waals surface area contributed by atoms with Crippen molar-refractivity contribution in [2.24, 2.45) is 0 Å². The molecule has 1 aromatic rings. The zero-order valence-electron chi connectivity index (χ0n) is 14.6. The lowest BCUT2D eigenvalue weighted by Crippen LogP contribution is -2.30. The Labute approximate surface area is 139 Å². The van der Waals surface area contributed by atoms with Crippen LogP contribution in [0.25, 0.3) is 0 Å². The maximum atomic E-state index is 11.9. The molecule has 0 unspecified atom stereocenters. The Kier molecular flexibility index (Phi) is 7.12. The van der Waals surface area contributed by atoms with E-state index in [4.69, 9.17) is 0 Å². The average molecular weight is 321 g/mol. The summed E-state index contributed by atoms with van der Waals surface area (Å²) in [5.41, 5.74) is 0.746. The molecule has 5 heteroatoms. The van der Waals surface area contributed by atoms with Gasteiger partial charge in [-0.1, -0.05) is 26.7 Å². The van der Waals surface area contributed by atoms with Crippen LogP contribution < -0.4 is 5.43 Å². The van der Waals surface area contributed by atoms with Gasteiger partial charge < -0.3 is 14.6 Å². The molecule has 0 saturated carbocycles. The lowest BCUT2D eigenvalue weighted by atomic mass is 10.2. The van der Waals surface area contributed by atoms with Crippen molar-refractivity contribution < 1.29 is 5.11 Å². The van der Waals surface area contributed by atoms with Crippen molar-refractivity contribution in [2.45, 2.75) is 52.6 Å². The minimum atomic E-state index is -0.270. The zero-order valence-corrected chi connectivity index (χ0v) is 14.6. The van der Waals surface area contributed by atoms with Crippen molar-refractivity contribution in [1.82, 2.24) is 14.4 Å². The molecule has 1 aliphatic rings. The first-order chi connectivity index (χ1) is 11.1. The van der Waals surface area contributed by atoms with Gasteiger partial charge >= 0.3 is 0 Å². The van der Waals surface area contributed by atoms with E-state index in [0.29, 0.717) is 0 Å². The number of likely N-dealkylation sites (N-methyl/N-ethyl adjacent to an activating group) is 1. The summed E-state index contributed by atoms with van der Waals surface area (Å²) in [6, 6.07) is 1.61. The summed E-state index contributed by atoms with van der Waals surface area (Å²) < 4.78 is 2.06. The molecule has 0 aromatic carbocycles.